The second kappa shape index (κ2) is 6.41. The van der Waals surface area contributed by atoms with E-state index in [4.69, 9.17) is 0 Å². The lowest BCUT2D eigenvalue weighted by Crippen LogP contribution is -2.26. The summed E-state index contributed by atoms with van der Waals surface area (Å²) < 4.78 is 2.90. The summed E-state index contributed by atoms with van der Waals surface area (Å²) in [4.78, 5) is 12.5. The summed E-state index contributed by atoms with van der Waals surface area (Å²) in [6.45, 7) is 0.544. The molecule has 0 amide bonds. The van der Waals surface area contributed by atoms with Crippen molar-refractivity contribution in [2.75, 3.05) is 0 Å². The standard InChI is InChI=1S/C17H17N3O2/c21-13-16-18-20(12-15-9-5-2-6-10-15)17(22)19(16)11-14-7-3-1-4-8-14/h1-10,21H,11-13H2. The van der Waals surface area contributed by atoms with E-state index in [1.807, 2.05) is 60.7 Å². The lowest BCUT2D eigenvalue weighted by atomic mass is 10.2. The van der Waals surface area contributed by atoms with Gasteiger partial charge in [0.15, 0.2) is 5.82 Å². The van der Waals surface area contributed by atoms with Crippen molar-refractivity contribution in [1.82, 2.24) is 14.3 Å². The summed E-state index contributed by atoms with van der Waals surface area (Å²) in [6, 6.07) is 19.3. The van der Waals surface area contributed by atoms with Crippen LogP contribution in [0.25, 0.3) is 0 Å². The third kappa shape index (κ3) is 2.99. The van der Waals surface area contributed by atoms with Gasteiger partial charge < -0.3 is 5.11 Å². The van der Waals surface area contributed by atoms with Gasteiger partial charge in [0.1, 0.15) is 6.61 Å². The summed E-state index contributed by atoms with van der Waals surface area (Å²) in [6.07, 6.45) is 0. The van der Waals surface area contributed by atoms with Crippen LogP contribution in [0.15, 0.2) is 65.5 Å². The zero-order valence-corrected chi connectivity index (χ0v) is 12.1. The van der Waals surface area contributed by atoms with E-state index < -0.39 is 0 Å². The van der Waals surface area contributed by atoms with Crippen LogP contribution in [0.4, 0.5) is 0 Å². The molecule has 0 bridgehead atoms. The second-order valence-electron chi connectivity index (χ2n) is 5.07. The highest BCUT2D eigenvalue weighted by atomic mass is 16.3. The SMILES string of the molecule is O=c1n(Cc2ccccc2)nc(CO)n1Cc1ccccc1. The van der Waals surface area contributed by atoms with E-state index in [2.05, 4.69) is 5.10 Å². The smallest absolute Gasteiger partial charge is 0.346 e. The molecular formula is C17H17N3O2. The predicted octanol–water partition coefficient (Wildman–Crippen LogP) is 1.63. The normalized spacial score (nSPS) is 10.8. The molecule has 0 saturated carbocycles. The number of hydrogen-bond donors (Lipinski definition) is 1. The van der Waals surface area contributed by atoms with Crippen LogP contribution in [0.5, 0.6) is 0 Å². The molecule has 0 aliphatic rings. The molecule has 2 aromatic carbocycles. The Bertz CT molecular complexity index is 792. The average molecular weight is 295 g/mol. The molecule has 0 fully saturated rings. The number of aliphatic hydroxyl groups excluding tert-OH is 1. The van der Waals surface area contributed by atoms with E-state index in [-0.39, 0.29) is 12.3 Å². The topological polar surface area (TPSA) is 60.1 Å². The Kier molecular flexibility index (Phi) is 4.16. The Labute approximate surface area is 128 Å². The first-order chi connectivity index (χ1) is 10.8. The second-order valence-corrected chi connectivity index (χ2v) is 5.07. The molecule has 0 spiro atoms. The van der Waals surface area contributed by atoms with Crippen LogP contribution >= 0.6 is 0 Å². The summed E-state index contributed by atoms with van der Waals surface area (Å²) in [5.74, 6) is 0.379. The molecule has 0 unspecified atom stereocenters. The Morgan fingerprint density at radius 3 is 1.95 bits per heavy atom. The van der Waals surface area contributed by atoms with E-state index in [9.17, 15) is 9.90 Å². The number of benzene rings is 2. The van der Waals surface area contributed by atoms with E-state index in [0.717, 1.165) is 11.1 Å². The Morgan fingerprint density at radius 1 is 0.864 bits per heavy atom. The maximum Gasteiger partial charge on any atom is 0.346 e. The van der Waals surface area contributed by atoms with Crippen molar-refractivity contribution in [3.63, 3.8) is 0 Å². The molecule has 0 radical (unpaired) electrons. The number of rotatable bonds is 5. The fourth-order valence-corrected chi connectivity index (χ4v) is 2.39. The van der Waals surface area contributed by atoms with Gasteiger partial charge >= 0.3 is 5.69 Å². The molecule has 5 heteroatoms. The number of nitrogens with zero attached hydrogens (tertiary/aromatic N) is 3. The van der Waals surface area contributed by atoms with Gasteiger partial charge in [-0.2, -0.15) is 5.10 Å². The van der Waals surface area contributed by atoms with Crippen LogP contribution in [0, 0.1) is 0 Å². The summed E-state index contributed by atoms with van der Waals surface area (Å²) in [5.41, 5.74) is 1.79. The van der Waals surface area contributed by atoms with Gasteiger partial charge in [0.05, 0.1) is 13.1 Å². The molecular weight excluding hydrogens is 278 g/mol. The first kappa shape index (κ1) is 14.3. The molecule has 112 valence electrons. The zero-order valence-electron chi connectivity index (χ0n) is 12.1. The molecule has 1 N–H and O–H groups in total. The Balaban J connectivity index is 1.92. The molecule has 5 nitrogen and oxygen atoms in total. The minimum absolute atomic E-state index is 0.211. The molecule has 22 heavy (non-hydrogen) atoms. The predicted molar refractivity (Wildman–Crippen MR) is 83.5 cm³/mol. The van der Waals surface area contributed by atoms with Crippen molar-refractivity contribution in [3.05, 3.63) is 88.1 Å². The fraction of sp³-hybridized carbons (Fsp3) is 0.176. The third-order valence-electron chi connectivity index (χ3n) is 3.50. The van der Waals surface area contributed by atoms with E-state index in [1.54, 1.807) is 0 Å². The molecule has 0 aliphatic heterocycles. The third-order valence-corrected chi connectivity index (χ3v) is 3.50. The first-order valence-electron chi connectivity index (χ1n) is 7.13. The fourth-order valence-electron chi connectivity index (χ4n) is 2.39. The van der Waals surface area contributed by atoms with Gasteiger partial charge in [-0.25, -0.2) is 9.48 Å². The highest BCUT2D eigenvalue weighted by Crippen LogP contribution is 2.05. The van der Waals surface area contributed by atoms with Gasteiger partial charge in [-0.3, -0.25) is 4.57 Å². The monoisotopic (exact) mass is 295 g/mol. The molecule has 0 saturated heterocycles. The zero-order chi connectivity index (χ0) is 15.4. The van der Waals surface area contributed by atoms with Gasteiger partial charge in [-0.1, -0.05) is 60.7 Å². The average Bonchev–Trinajstić information content (AvgIpc) is 2.86. The van der Waals surface area contributed by atoms with E-state index in [1.165, 1.54) is 9.25 Å². The van der Waals surface area contributed by atoms with Crippen LogP contribution in [0.1, 0.15) is 17.0 Å². The minimum atomic E-state index is -0.260. The van der Waals surface area contributed by atoms with Crippen molar-refractivity contribution in [1.29, 1.82) is 0 Å². The summed E-state index contributed by atoms with van der Waals surface area (Å²) >= 11 is 0. The maximum atomic E-state index is 12.5. The summed E-state index contributed by atoms with van der Waals surface area (Å²) in [5, 5.41) is 13.7. The quantitative estimate of drug-likeness (QED) is 0.778. The van der Waals surface area contributed by atoms with Crippen LogP contribution in [-0.2, 0) is 19.7 Å². The Morgan fingerprint density at radius 2 is 1.41 bits per heavy atom. The van der Waals surface area contributed by atoms with Crippen LogP contribution < -0.4 is 5.69 Å². The van der Waals surface area contributed by atoms with Gasteiger partial charge in [0.25, 0.3) is 0 Å². The Hall–Kier alpha value is -2.66. The van der Waals surface area contributed by atoms with Crippen molar-refractivity contribution in [2.24, 2.45) is 0 Å². The summed E-state index contributed by atoms with van der Waals surface area (Å²) in [7, 11) is 0. The first-order valence-corrected chi connectivity index (χ1v) is 7.13. The lowest BCUT2D eigenvalue weighted by molar-refractivity contribution is 0.264. The van der Waals surface area contributed by atoms with Gasteiger partial charge in [0.2, 0.25) is 0 Å². The number of aliphatic hydroxyl groups is 1. The van der Waals surface area contributed by atoms with E-state index >= 15 is 0 Å². The number of aromatic nitrogens is 3. The van der Waals surface area contributed by atoms with Gasteiger partial charge in [0, 0.05) is 0 Å². The molecule has 0 aliphatic carbocycles. The highest BCUT2D eigenvalue weighted by Gasteiger charge is 2.13. The maximum absolute atomic E-state index is 12.5. The van der Waals surface area contributed by atoms with Crippen molar-refractivity contribution >= 4 is 0 Å². The van der Waals surface area contributed by atoms with Crippen LogP contribution in [-0.4, -0.2) is 19.5 Å². The molecule has 1 aromatic heterocycles. The van der Waals surface area contributed by atoms with Gasteiger partial charge in [-0.15, -0.1) is 0 Å². The minimum Gasteiger partial charge on any atom is -0.388 e. The molecule has 3 aromatic rings. The van der Waals surface area contributed by atoms with Crippen LogP contribution in [0.2, 0.25) is 0 Å². The largest absolute Gasteiger partial charge is 0.388 e. The van der Waals surface area contributed by atoms with Crippen molar-refractivity contribution in [3.8, 4) is 0 Å². The van der Waals surface area contributed by atoms with Gasteiger partial charge in [-0.05, 0) is 11.1 Å². The molecule has 0 atom stereocenters. The highest BCUT2D eigenvalue weighted by molar-refractivity contribution is 5.16. The lowest BCUT2D eigenvalue weighted by Gasteiger charge is -2.03. The van der Waals surface area contributed by atoms with Crippen LogP contribution in [0.3, 0.4) is 0 Å². The molecule has 3 rings (SSSR count). The number of hydrogen-bond acceptors (Lipinski definition) is 3. The van der Waals surface area contributed by atoms with E-state index in [0.29, 0.717) is 18.9 Å². The molecule has 1 heterocycles. The van der Waals surface area contributed by atoms with Crippen molar-refractivity contribution in [2.45, 2.75) is 19.7 Å². The van der Waals surface area contributed by atoms with Crippen molar-refractivity contribution < 1.29 is 5.11 Å².